The molecule has 0 spiro atoms. The van der Waals surface area contributed by atoms with E-state index in [1.54, 1.807) is 11.8 Å². The maximum absolute atomic E-state index is 12.7. The molecule has 0 aromatic carbocycles. The van der Waals surface area contributed by atoms with Gasteiger partial charge in [0.25, 0.3) is 0 Å². The lowest BCUT2D eigenvalue weighted by molar-refractivity contribution is -0.144. The van der Waals surface area contributed by atoms with Crippen molar-refractivity contribution in [3.63, 3.8) is 0 Å². The molecule has 0 aliphatic carbocycles. The molecule has 7 nitrogen and oxygen atoms in total. The van der Waals surface area contributed by atoms with E-state index in [4.69, 9.17) is 14.2 Å². The number of rotatable bonds is 6. The largest absolute Gasteiger partial charge is 0.466 e. The molecule has 1 fully saturated rings. The lowest BCUT2D eigenvalue weighted by Crippen LogP contribution is -2.56. The highest BCUT2D eigenvalue weighted by molar-refractivity contribution is 5.72. The first kappa shape index (κ1) is 20.7. The summed E-state index contributed by atoms with van der Waals surface area (Å²) in [5.74, 6) is -0.294. The van der Waals surface area contributed by atoms with Crippen molar-refractivity contribution in [2.24, 2.45) is 0 Å². The number of amides is 1. The maximum Gasteiger partial charge on any atom is 0.412 e. The second-order valence-corrected chi connectivity index (χ2v) is 7.35. The van der Waals surface area contributed by atoms with Gasteiger partial charge in [-0.3, -0.25) is 9.69 Å². The predicted molar refractivity (Wildman–Crippen MR) is 90.6 cm³/mol. The minimum Gasteiger partial charge on any atom is -0.466 e. The summed E-state index contributed by atoms with van der Waals surface area (Å²) in [4.78, 5) is 26.2. The van der Waals surface area contributed by atoms with E-state index >= 15 is 0 Å². The van der Waals surface area contributed by atoms with Gasteiger partial charge in [0.05, 0.1) is 25.7 Å². The molecular formula is C17H32N2O5. The minimum absolute atomic E-state index is 0.172. The molecule has 24 heavy (non-hydrogen) atoms. The average molecular weight is 344 g/mol. The van der Waals surface area contributed by atoms with Gasteiger partial charge in [0, 0.05) is 6.04 Å². The summed E-state index contributed by atoms with van der Waals surface area (Å²) >= 11 is 0. The zero-order chi connectivity index (χ0) is 18.5. The van der Waals surface area contributed by atoms with Gasteiger partial charge in [-0.05, 0) is 48.1 Å². The van der Waals surface area contributed by atoms with Gasteiger partial charge in [0.2, 0.25) is 0 Å². The van der Waals surface area contributed by atoms with Gasteiger partial charge in [-0.25, -0.2) is 4.79 Å². The minimum atomic E-state index is -0.796. The van der Waals surface area contributed by atoms with E-state index in [9.17, 15) is 9.59 Å². The Morgan fingerprint density at radius 1 is 1.33 bits per heavy atom. The molecule has 0 unspecified atom stereocenters. The zero-order valence-electron chi connectivity index (χ0n) is 16.0. The smallest absolute Gasteiger partial charge is 0.412 e. The summed E-state index contributed by atoms with van der Waals surface area (Å²) in [6.45, 7) is 14.2. The lowest BCUT2D eigenvalue weighted by Gasteiger charge is -2.37. The second kappa shape index (κ2) is 8.16. The van der Waals surface area contributed by atoms with Crippen LogP contribution in [0, 0.1) is 0 Å². The van der Waals surface area contributed by atoms with E-state index in [2.05, 4.69) is 5.32 Å². The number of esters is 1. The number of nitrogens with one attached hydrogen (secondary N) is 1. The number of carbonyl (C=O) groups excluding carboxylic acids is 2. The lowest BCUT2D eigenvalue weighted by atomic mass is 10.0. The summed E-state index contributed by atoms with van der Waals surface area (Å²) in [5.41, 5.74) is -1.40. The van der Waals surface area contributed by atoms with Crippen molar-refractivity contribution < 1.29 is 23.8 Å². The molecule has 1 saturated heterocycles. The normalized spacial score (nSPS) is 21.5. The number of nitrogens with zero attached hydrogens (tertiary/aromatic N) is 1. The van der Waals surface area contributed by atoms with E-state index < -0.39 is 17.4 Å². The van der Waals surface area contributed by atoms with Crippen LogP contribution in [-0.2, 0) is 19.0 Å². The summed E-state index contributed by atoms with van der Waals surface area (Å²) in [6, 6.07) is -0.567. The third kappa shape index (κ3) is 5.63. The van der Waals surface area contributed by atoms with Crippen LogP contribution in [0.15, 0.2) is 0 Å². The Morgan fingerprint density at radius 2 is 1.96 bits per heavy atom. The first-order chi connectivity index (χ1) is 11.0. The molecule has 1 N–H and O–H groups in total. The van der Waals surface area contributed by atoms with E-state index in [-0.39, 0.29) is 24.5 Å². The summed E-state index contributed by atoms with van der Waals surface area (Å²) in [5, 5.41) is 3.27. The molecule has 1 aliphatic rings. The van der Waals surface area contributed by atoms with E-state index in [0.29, 0.717) is 19.8 Å². The monoisotopic (exact) mass is 344 g/mol. The Kier molecular flexibility index (Phi) is 7.04. The topological polar surface area (TPSA) is 77.1 Å². The SMILES string of the molecule is CCN[C@@H](CC(=O)OCC)[C@@H]1COC(C)(C)N1C(=O)OC(C)(C)C. The fourth-order valence-corrected chi connectivity index (χ4v) is 2.80. The Labute approximate surface area is 145 Å². The third-order valence-corrected chi connectivity index (χ3v) is 3.73. The van der Waals surface area contributed by atoms with Crippen molar-refractivity contribution >= 4 is 12.1 Å². The number of likely N-dealkylation sites (N-methyl/N-ethyl adjacent to an activating group) is 1. The molecule has 0 saturated carbocycles. The average Bonchev–Trinajstić information content (AvgIpc) is 2.72. The van der Waals surface area contributed by atoms with Crippen LogP contribution >= 0.6 is 0 Å². The number of carbonyl (C=O) groups is 2. The molecule has 1 aliphatic heterocycles. The maximum atomic E-state index is 12.7. The van der Waals surface area contributed by atoms with Gasteiger partial charge in [-0.15, -0.1) is 0 Å². The molecular weight excluding hydrogens is 312 g/mol. The number of hydrogen-bond acceptors (Lipinski definition) is 6. The molecule has 0 radical (unpaired) electrons. The second-order valence-electron chi connectivity index (χ2n) is 7.35. The predicted octanol–water partition coefficient (Wildman–Crippen LogP) is 2.29. The van der Waals surface area contributed by atoms with Gasteiger partial charge >= 0.3 is 12.1 Å². The van der Waals surface area contributed by atoms with Crippen molar-refractivity contribution in [3.05, 3.63) is 0 Å². The van der Waals surface area contributed by atoms with E-state index in [1.165, 1.54) is 0 Å². The highest BCUT2D eigenvalue weighted by Gasteiger charge is 2.48. The first-order valence-corrected chi connectivity index (χ1v) is 8.57. The number of hydrogen-bond donors (Lipinski definition) is 1. The van der Waals surface area contributed by atoms with Crippen molar-refractivity contribution in [1.82, 2.24) is 10.2 Å². The Balaban J connectivity index is 2.98. The van der Waals surface area contributed by atoms with Gasteiger partial charge in [0.1, 0.15) is 11.3 Å². The summed E-state index contributed by atoms with van der Waals surface area (Å²) < 4.78 is 16.4. The van der Waals surface area contributed by atoms with Gasteiger partial charge in [0.15, 0.2) is 0 Å². The first-order valence-electron chi connectivity index (χ1n) is 8.57. The van der Waals surface area contributed by atoms with Crippen LogP contribution < -0.4 is 5.32 Å². The molecule has 0 aromatic rings. The molecule has 7 heteroatoms. The van der Waals surface area contributed by atoms with Crippen molar-refractivity contribution in [2.75, 3.05) is 19.8 Å². The van der Waals surface area contributed by atoms with Crippen LogP contribution in [0.1, 0.15) is 54.9 Å². The van der Waals surface area contributed by atoms with Gasteiger partial charge in [-0.1, -0.05) is 6.92 Å². The molecule has 2 atom stereocenters. The summed E-state index contributed by atoms with van der Waals surface area (Å²) in [7, 11) is 0. The van der Waals surface area contributed by atoms with Crippen LogP contribution in [0.4, 0.5) is 4.79 Å². The van der Waals surface area contributed by atoms with Crippen molar-refractivity contribution in [1.29, 1.82) is 0 Å². The number of ether oxygens (including phenoxy) is 3. The standard InChI is InChI=1S/C17H32N2O5/c1-8-18-12(10-14(20)22-9-2)13-11-23-17(6,7)19(13)15(21)24-16(3,4)5/h12-13,18H,8-11H2,1-7H3/t12-,13-/m0/s1. The fourth-order valence-electron chi connectivity index (χ4n) is 2.80. The van der Waals surface area contributed by atoms with Crippen LogP contribution in [0.25, 0.3) is 0 Å². The molecule has 1 rings (SSSR count). The molecule has 0 bridgehead atoms. The van der Waals surface area contributed by atoms with Crippen LogP contribution in [-0.4, -0.2) is 60.1 Å². The molecule has 1 amide bonds. The Bertz CT molecular complexity index is 445. The summed E-state index contributed by atoms with van der Waals surface area (Å²) in [6.07, 6.45) is -0.271. The van der Waals surface area contributed by atoms with Crippen LogP contribution in [0.2, 0.25) is 0 Å². The van der Waals surface area contributed by atoms with Crippen LogP contribution in [0.3, 0.4) is 0 Å². The van der Waals surface area contributed by atoms with Crippen LogP contribution in [0.5, 0.6) is 0 Å². The van der Waals surface area contributed by atoms with E-state index in [1.807, 2.05) is 41.5 Å². The van der Waals surface area contributed by atoms with E-state index in [0.717, 1.165) is 0 Å². The molecule has 140 valence electrons. The Morgan fingerprint density at radius 3 is 2.46 bits per heavy atom. The highest BCUT2D eigenvalue weighted by Crippen LogP contribution is 2.31. The van der Waals surface area contributed by atoms with Crippen molar-refractivity contribution in [3.8, 4) is 0 Å². The highest BCUT2D eigenvalue weighted by atomic mass is 16.6. The fraction of sp³-hybridized carbons (Fsp3) is 0.882. The third-order valence-electron chi connectivity index (χ3n) is 3.73. The van der Waals surface area contributed by atoms with Gasteiger partial charge in [-0.2, -0.15) is 0 Å². The molecule has 1 heterocycles. The molecule has 0 aromatic heterocycles. The van der Waals surface area contributed by atoms with Crippen molar-refractivity contribution in [2.45, 2.75) is 78.3 Å². The van der Waals surface area contributed by atoms with Gasteiger partial charge < -0.3 is 19.5 Å². The Hall–Kier alpha value is -1.34. The zero-order valence-corrected chi connectivity index (χ0v) is 16.0. The quantitative estimate of drug-likeness (QED) is 0.745.